The van der Waals surface area contributed by atoms with Crippen molar-refractivity contribution in [3.63, 3.8) is 0 Å². The maximum Gasteiger partial charge on any atom is 0.0740 e. The Balaban J connectivity index is 2.40. The van der Waals surface area contributed by atoms with E-state index in [0.29, 0.717) is 12.1 Å². The zero-order chi connectivity index (χ0) is 9.68. The summed E-state index contributed by atoms with van der Waals surface area (Å²) in [5.41, 5.74) is 2.91. The van der Waals surface area contributed by atoms with Crippen molar-refractivity contribution in [3.05, 3.63) is 0 Å². The minimum Gasteiger partial charge on any atom is -0.380 e. The summed E-state index contributed by atoms with van der Waals surface area (Å²) in [6, 6.07) is 0.360. The second-order valence-corrected chi connectivity index (χ2v) is 3.95. The quantitative estimate of drug-likeness (QED) is 0.487. The summed E-state index contributed by atoms with van der Waals surface area (Å²) in [7, 11) is 1.78. The standard InChI is InChI=1S/C10H22N2O/c1-3-5-9(13-2)10(12-11)8-6-4-7-8/h8-10,12H,3-7,11H2,1-2H3. The van der Waals surface area contributed by atoms with Crippen molar-refractivity contribution in [1.82, 2.24) is 5.43 Å². The number of ether oxygens (including phenoxy) is 1. The predicted molar refractivity (Wildman–Crippen MR) is 54.2 cm³/mol. The molecule has 1 rings (SSSR count). The highest BCUT2D eigenvalue weighted by molar-refractivity contribution is 4.86. The van der Waals surface area contributed by atoms with Crippen LogP contribution in [0.4, 0.5) is 0 Å². The third kappa shape index (κ3) is 2.66. The number of rotatable bonds is 6. The second kappa shape index (κ2) is 5.58. The van der Waals surface area contributed by atoms with Crippen LogP contribution in [-0.4, -0.2) is 19.3 Å². The van der Waals surface area contributed by atoms with Crippen molar-refractivity contribution in [2.24, 2.45) is 11.8 Å². The van der Waals surface area contributed by atoms with Crippen LogP contribution in [0.2, 0.25) is 0 Å². The van der Waals surface area contributed by atoms with Gasteiger partial charge in [-0.15, -0.1) is 0 Å². The number of methoxy groups -OCH3 is 1. The van der Waals surface area contributed by atoms with Crippen molar-refractivity contribution < 1.29 is 4.74 Å². The van der Waals surface area contributed by atoms with Gasteiger partial charge >= 0.3 is 0 Å². The minimum atomic E-state index is 0.292. The molecule has 78 valence electrons. The SMILES string of the molecule is CCCC(OC)C(NN)C1CCC1. The van der Waals surface area contributed by atoms with Crippen molar-refractivity contribution in [1.29, 1.82) is 0 Å². The van der Waals surface area contributed by atoms with E-state index in [-0.39, 0.29) is 0 Å². The third-order valence-electron chi connectivity index (χ3n) is 3.13. The van der Waals surface area contributed by atoms with Gasteiger partial charge in [0.2, 0.25) is 0 Å². The van der Waals surface area contributed by atoms with E-state index < -0.39 is 0 Å². The monoisotopic (exact) mass is 186 g/mol. The lowest BCUT2D eigenvalue weighted by Gasteiger charge is -2.37. The first-order chi connectivity index (χ1) is 6.33. The molecule has 0 aromatic carbocycles. The molecule has 0 heterocycles. The lowest BCUT2D eigenvalue weighted by molar-refractivity contribution is 0.0240. The van der Waals surface area contributed by atoms with Crippen LogP contribution in [0.25, 0.3) is 0 Å². The molecule has 0 aliphatic heterocycles. The average Bonchev–Trinajstić information content (AvgIpc) is 2.07. The van der Waals surface area contributed by atoms with E-state index >= 15 is 0 Å². The van der Waals surface area contributed by atoms with E-state index in [0.717, 1.165) is 18.8 Å². The van der Waals surface area contributed by atoms with E-state index in [1.807, 2.05) is 0 Å². The van der Waals surface area contributed by atoms with E-state index in [1.165, 1.54) is 19.3 Å². The Kier molecular flexibility index (Phi) is 4.70. The molecule has 1 saturated carbocycles. The molecule has 2 atom stereocenters. The molecule has 1 aliphatic rings. The summed E-state index contributed by atoms with van der Waals surface area (Å²) >= 11 is 0. The van der Waals surface area contributed by atoms with Crippen LogP contribution in [0.1, 0.15) is 39.0 Å². The molecule has 0 spiro atoms. The van der Waals surface area contributed by atoms with Crippen LogP contribution in [0.5, 0.6) is 0 Å². The fourth-order valence-electron chi connectivity index (χ4n) is 2.07. The van der Waals surface area contributed by atoms with Gasteiger partial charge < -0.3 is 4.74 Å². The van der Waals surface area contributed by atoms with Crippen LogP contribution in [0, 0.1) is 5.92 Å². The lowest BCUT2D eigenvalue weighted by atomic mass is 9.77. The van der Waals surface area contributed by atoms with Gasteiger partial charge in [-0.2, -0.15) is 0 Å². The Morgan fingerprint density at radius 2 is 2.23 bits per heavy atom. The number of nitrogens with two attached hydrogens (primary N) is 1. The maximum absolute atomic E-state index is 5.56. The summed E-state index contributed by atoms with van der Waals surface area (Å²) in [6.45, 7) is 2.18. The van der Waals surface area contributed by atoms with Gasteiger partial charge in [-0.25, -0.2) is 0 Å². The number of nitrogens with one attached hydrogen (secondary N) is 1. The Bertz CT molecular complexity index is 137. The Morgan fingerprint density at radius 3 is 2.54 bits per heavy atom. The molecule has 0 saturated heterocycles. The van der Waals surface area contributed by atoms with Crippen molar-refractivity contribution in [2.45, 2.75) is 51.2 Å². The van der Waals surface area contributed by atoms with E-state index in [4.69, 9.17) is 10.6 Å². The van der Waals surface area contributed by atoms with Crippen LogP contribution in [0.3, 0.4) is 0 Å². The summed E-state index contributed by atoms with van der Waals surface area (Å²) in [6.07, 6.45) is 6.51. The van der Waals surface area contributed by atoms with Gasteiger partial charge in [0, 0.05) is 7.11 Å². The van der Waals surface area contributed by atoms with Crippen molar-refractivity contribution >= 4 is 0 Å². The molecule has 1 fully saturated rings. The number of hydrazine groups is 1. The molecule has 3 heteroatoms. The van der Waals surface area contributed by atoms with E-state index in [9.17, 15) is 0 Å². The number of hydrogen-bond donors (Lipinski definition) is 2. The van der Waals surface area contributed by atoms with Crippen LogP contribution < -0.4 is 11.3 Å². The highest BCUT2D eigenvalue weighted by Gasteiger charge is 2.32. The first-order valence-corrected chi connectivity index (χ1v) is 5.32. The minimum absolute atomic E-state index is 0.292. The van der Waals surface area contributed by atoms with Gasteiger partial charge in [0.05, 0.1) is 12.1 Å². The molecule has 0 amide bonds. The van der Waals surface area contributed by atoms with E-state index in [1.54, 1.807) is 7.11 Å². The van der Waals surface area contributed by atoms with Crippen molar-refractivity contribution in [3.8, 4) is 0 Å². The average molecular weight is 186 g/mol. The Hall–Kier alpha value is -0.120. The summed E-state index contributed by atoms with van der Waals surface area (Å²) in [4.78, 5) is 0. The molecule has 3 N–H and O–H groups in total. The molecule has 3 nitrogen and oxygen atoms in total. The molecule has 0 bridgehead atoms. The van der Waals surface area contributed by atoms with Gasteiger partial charge in [-0.05, 0) is 25.2 Å². The van der Waals surface area contributed by atoms with Gasteiger partial charge in [0.25, 0.3) is 0 Å². The van der Waals surface area contributed by atoms with Gasteiger partial charge in [-0.3, -0.25) is 11.3 Å². The molecule has 0 radical (unpaired) electrons. The highest BCUT2D eigenvalue weighted by atomic mass is 16.5. The maximum atomic E-state index is 5.56. The summed E-state index contributed by atoms with van der Waals surface area (Å²) in [5.74, 6) is 6.30. The molecule has 0 aromatic heterocycles. The second-order valence-electron chi connectivity index (χ2n) is 3.95. The fraction of sp³-hybridized carbons (Fsp3) is 1.00. The molecular weight excluding hydrogens is 164 g/mol. The highest BCUT2D eigenvalue weighted by Crippen LogP contribution is 2.32. The van der Waals surface area contributed by atoms with Crippen LogP contribution in [-0.2, 0) is 4.74 Å². The first-order valence-electron chi connectivity index (χ1n) is 5.32. The smallest absolute Gasteiger partial charge is 0.0740 e. The molecule has 1 aliphatic carbocycles. The van der Waals surface area contributed by atoms with Gasteiger partial charge in [0.15, 0.2) is 0 Å². The summed E-state index contributed by atoms with van der Waals surface area (Å²) in [5, 5.41) is 0. The largest absolute Gasteiger partial charge is 0.380 e. The first kappa shape index (κ1) is 11.0. The molecule has 13 heavy (non-hydrogen) atoms. The van der Waals surface area contributed by atoms with Crippen LogP contribution >= 0.6 is 0 Å². The summed E-state index contributed by atoms with van der Waals surface area (Å²) < 4.78 is 5.46. The predicted octanol–water partition coefficient (Wildman–Crippen LogP) is 1.43. The van der Waals surface area contributed by atoms with Crippen LogP contribution in [0.15, 0.2) is 0 Å². The Morgan fingerprint density at radius 1 is 1.54 bits per heavy atom. The van der Waals surface area contributed by atoms with Crippen molar-refractivity contribution in [2.75, 3.05) is 7.11 Å². The van der Waals surface area contributed by atoms with E-state index in [2.05, 4.69) is 12.3 Å². The zero-order valence-corrected chi connectivity index (χ0v) is 8.75. The normalized spacial score (nSPS) is 22.4. The molecular formula is C10H22N2O. The van der Waals surface area contributed by atoms with Gasteiger partial charge in [-0.1, -0.05) is 19.8 Å². The fourth-order valence-corrected chi connectivity index (χ4v) is 2.07. The Labute approximate surface area is 81.0 Å². The zero-order valence-electron chi connectivity index (χ0n) is 8.75. The number of hydrogen-bond acceptors (Lipinski definition) is 3. The van der Waals surface area contributed by atoms with Gasteiger partial charge in [0.1, 0.15) is 0 Å². The topological polar surface area (TPSA) is 47.3 Å². The molecule has 0 aromatic rings. The molecule has 2 unspecified atom stereocenters. The third-order valence-corrected chi connectivity index (χ3v) is 3.13. The lowest BCUT2D eigenvalue weighted by Crippen LogP contribution is -2.51.